The number of rotatable bonds is 4. The lowest BCUT2D eigenvalue weighted by Crippen LogP contribution is -2.05. The van der Waals surface area contributed by atoms with Gasteiger partial charge in [0, 0.05) is 10.2 Å². The molecule has 0 radical (unpaired) electrons. The maximum Gasteiger partial charge on any atom is 0.342 e. The SMILES string of the molecule is CCOC(=O)c1c2c(c(-c3cccs3)p1-c1ccccc1)CCC2. The van der Waals surface area contributed by atoms with Gasteiger partial charge in [0.25, 0.3) is 0 Å². The maximum absolute atomic E-state index is 12.8. The van der Waals surface area contributed by atoms with Crippen molar-refractivity contribution in [3.8, 4) is 15.5 Å². The highest BCUT2D eigenvalue weighted by atomic mass is 32.1. The minimum Gasteiger partial charge on any atom is -0.462 e. The molecule has 4 rings (SSSR count). The quantitative estimate of drug-likeness (QED) is 0.533. The first kappa shape index (κ1) is 15.7. The molecule has 0 bridgehead atoms. The van der Waals surface area contributed by atoms with Gasteiger partial charge in [0.15, 0.2) is 0 Å². The minimum absolute atomic E-state index is 0.117. The van der Waals surface area contributed by atoms with Crippen molar-refractivity contribution in [2.75, 3.05) is 6.61 Å². The summed E-state index contributed by atoms with van der Waals surface area (Å²) >= 11 is 1.77. The summed E-state index contributed by atoms with van der Waals surface area (Å²) in [6, 6.07) is 14.8. The Hall–Kier alpha value is -1.83. The fraction of sp³-hybridized carbons (Fsp3) is 0.250. The Balaban J connectivity index is 2.03. The van der Waals surface area contributed by atoms with Gasteiger partial charge < -0.3 is 4.74 Å². The third-order valence-corrected chi connectivity index (χ3v) is 8.19. The summed E-state index contributed by atoms with van der Waals surface area (Å²) in [6.45, 7) is 2.31. The van der Waals surface area contributed by atoms with Crippen molar-refractivity contribution in [1.82, 2.24) is 0 Å². The molecule has 1 atom stereocenters. The first-order valence-electron chi connectivity index (χ1n) is 8.34. The molecule has 122 valence electrons. The number of thiophene rings is 1. The largest absolute Gasteiger partial charge is 0.462 e. The van der Waals surface area contributed by atoms with Crippen LogP contribution in [0.1, 0.15) is 34.6 Å². The Labute approximate surface area is 147 Å². The molecule has 2 heterocycles. The molecule has 0 spiro atoms. The molecule has 2 aromatic heterocycles. The molecule has 0 aliphatic heterocycles. The van der Waals surface area contributed by atoms with E-state index in [1.807, 2.05) is 13.0 Å². The van der Waals surface area contributed by atoms with Crippen LogP contribution < -0.4 is 0 Å². The van der Waals surface area contributed by atoms with E-state index in [0.29, 0.717) is 6.61 Å². The van der Waals surface area contributed by atoms with Crippen molar-refractivity contribution in [2.45, 2.75) is 26.2 Å². The Bertz CT molecular complexity index is 863. The second kappa shape index (κ2) is 6.58. The first-order chi connectivity index (χ1) is 11.8. The van der Waals surface area contributed by atoms with Crippen molar-refractivity contribution in [1.29, 1.82) is 0 Å². The molecule has 3 aromatic rings. The minimum atomic E-state index is -0.807. The van der Waals surface area contributed by atoms with Gasteiger partial charge in [0.1, 0.15) is 0 Å². The fourth-order valence-electron chi connectivity index (χ4n) is 3.57. The molecule has 0 saturated heterocycles. The van der Waals surface area contributed by atoms with E-state index in [4.69, 9.17) is 4.74 Å². The number of hydrogen-bond acceptors (Lipinski definition) is 3. The van der Waals surface area contributed by atoms with Crippen LogP contribution in [-0.4, -0.2) is 12.6 Å². The molecule has 0 amide bonds. The standard InChI is InChI=1S/C20H19O2PS/c1-2-22-20(21)19-16-11-6-10-15(16)18(17-12-7-13-24-17)23(19)14-8-4-3-5-9-14/h3-5,7-9,12-13H,2,6,10-11H2,1H3. The molecule has 0 fully saturated rings. The van der Waals surface area contributed by atoms with Crippen LogP contribution >= 0.6 is 18.9 Å². The van der Waals surface area contributed by atoms with Crippen LogP contribution in [-0.2, 0) is 17.6 Å². The van der Waals surface area contributed by atoms with Crippen molar-refractivity contribution in [3.63, 3.8) is 0 Å². The summed E-state index contributed by atoms with van der Waals surface area (Å²) in [5.74, 6) is -0.117. The molecule has 4 heteroatoms. The summed E-state index contributed by atoms with van der Waals surface area (Å²) in [4.78, 5) is 14.1. The lowest BCUT2D eigenvalue weighted by atomic mass is 10.1. The van der Waals surface area contributed by atoms with Crippen LogP contribution in [0.5, 0.6) is 0 Å². The topological polar surface area (TPSA) is 26.3 Å². The molecule has 24 heavy (non-hydrogen) atoms. The maximum atomic E-state index is 12.8. The molecule has 2 nitrogen and oxygen atoms in total. The van der Waals surface area contributed by atoms with Crippen LogP contribution in [0.2, 0.25) is 0 Å². The van der Waals surface area contributed by atoms with Crippen LogP contribution in [0.25, 0.3) is 15.5 Å². The average Bonchev–Trinajstić information content (AvgIpc) is 3.32. The first-order valence-corrected chi connectivity index (χ1v) is 10.6. The highest BCUT2D eigenvalue weighted by Crippen LogP contribution is 2.59. The van der Waals surface area contributed by atoms with Crippen molar-refractivity contribution in [3.05, 3.63) is 64.3 Å². The number of fused-ring (bicyclic) bond motifs is 1. The van der Waals surface area contributed by atoms with E-state index in [9.17, 15) is 4.79 Å². The van der Waals surface area contributed by atoms with Gasteiger partial charge in [-0.15, -0.1) is 11.3 Å². The Morgan fingerprint density at radius 2 is 1.92 bits per heavy atom. The Kier molecular flexibility index (Phi) is 4.30. The van der Waals surface area contributed by atoms with Crippen LogP contribution in [0.15, 0.2) is 47.8 Å². The van der Waals surface area contributed by atoms with Gasteiger partial charge in [0.2, 0.25) is 0 Å². The third-order valence-electron chi connectivity index (χ3n) is 4.47. The molecule has 1 aliphatic rings. The van der Waals surface area contributed by atoms with Gasteiger partial charge in [-0.2, -0.15) is 0 Å². The number of carbonyl (C=O) groups is 1. The van der Waals surface area contributed by atoms with Crippen LogP contribution in [0, 0.1) is 0 Å². The van der Waals surface area contributed by atoms with Crippen molar-refractivity contribution >= 4 is 24.8 Å². The number of benzene rings is 1. The van der Waals surface area contributed by atoms with E-state index in [0.717, 1.165) is 24.6 Å². The lowest BCUT2D eigenvalue weighted by Gasteiger charge is -2.11. The molecular formula is C20H19O2PS. The molecule has 1 unspecified atom stereocenters. The zero-order chi connectivity index (χ0) is 16.5. The fourth-order valence-corrected chi connectivity index (χ4v) is 7.48. The summed E-state index contributed by atoms with van der Waals surface area (Å²) in [7, 11) is -0.807. The van der Waals surface area contributed by atoms with Gasteiger partial charge in [0.05, 0.1) is 11.9 Å². The summed E-state index contributed by atoms with van der Waals surface area (Å²) in [5.41, 5.74) is 2.68. The van der Waals surface area contributed by atoms with Gasteiger partial charge in [-0.05, 0) is 54.1 Å². The molecule has 1 aromatic carbocycles. The zero-order valence-corrected chi connectivity index (χ0v) is 15.3. The predicted molar refractivity (Wildman–Crippen MR) is 102 cm³/mol. The predicted octanol–water partition coefficient (Wildman–Crippen LogP) is 6.06. The normalized spacial score (nSPS) is 13.8. The highest BCUT2D eigenvalue weighted by molar-refractivity contribution is 7.62. The molecule has 1 aliphatic carbocycles. The van der Waals surface area contributed by atoms with E-state index in [1.165, 1.54) is 26.6 Å². The highest BCUT2D eigenvalue weighted by Gasteiger charge is 2.32. The van der Waals surface area contributed by atoms with Crippen molar-refractivity contribution < 1.29 is 9.53 Å². The Morgan fingerprint density at radius 1 is 1.12 bits per heavy atom. The smallest absolute Gasteiger partial charge is 0.342 e. The zero-order valence-electron chi connectivity index (χ0n) is 13.6. The molecule has 0 saturated carbocycles. The van der Waals surface area contributed by atoms with Crippen molar-refractivity contribution in [2.24, 2.45) is 0 Å². The second-order valence-corrected chi connectivity index (χ2v) is 8.91. The number of carbonyl (C=O) groups excluding carboxylic acids is 1. The van der Waals surface area contributed by atoms with Gasteiger partial charge in [-0.1, -0.05) is 43.9 Å². The van der Waals surface area contributed by atoms with E-state index >= 15 is 0 Å². The molecular weight excluding hydrogens is 335 g/mol. The monoisotopic (exact) mass is 354 g/mol. The van der Waals surface area contributed by atoms with E-state index in [1.54, 1.807) is 11.3 Å². The number of ether oxygens (including phenoxy) is 1. The van der Waals surface area contributed by atoms with E-state index < -0.39 is 7.53 Å². The summed E-state index contributed by atoms with van der Waals surface area (Å²) in [6.07, 6.45) is 3.22. The van der Waals surface area contributed by atoms with Gasteiger partial charge >= 0.3 is 5.97 Å². The van der Waals surface area contributed by atoms with E-state index in [2.05, 4.69) is 41.8 Å². The summed E-state index contributed by atoms with van der Waals surface area (Å²) in [5, 5.41) is 5.70. The number of hydrogen-bond donors (Lipinski definition) is 0. The van der Waals surface area contributed by atoms with Crippen LogP contribution in [0.4, 0.5) is 0 Å². The van der Waals surface area contributed by atoms with E-state index in [-0.39, 0.29) is 5.97 Å². The van der Waals surface area contributed by atoms with Gasteiger partial charge in [-0.3, -0.25) is 0 Å². The second-order valence-electron chi connectivity index (χ2n) is 5.88. The Morgan fingerprint density at radius 3 is 2.62 bits per heavy atom. The lowest BCUT2D eigenvalue weighted by molar-refractivity contribution is 0.0531. The average molecular weight is 354 g/mol. The summed E-state index contributed by atoms with van der Waals surface area (Å²) < 4.78 is 5.45. The van der Waals surface area contributed by atoms with Crippen LogP contribution in [0.3, 0.4) is 0 Å². The number of esters is 1. The third kappa shape index (κ3) is 2.53. The molecule has 0 N–H and O–H groups in total. The van der Waals surface area contributed by atoms with Gasteiger partial charge in [-0.25, -0.2) is 4.79 Å².